The molecular weight excluding hydrogens is 371 g/mol. The molecule has 5 nitrogen and oxygen atoms in total. The molecule has 2 aliphatic heterocycles. The number of anilines is 1. The van der Waals surface area contributed by atoms with Gasteiger partial charge in [0, 0.05) is 23.8 Å². The predicted molar refractivity (Wildman–Crippen MR) is 87.7 cm³/mol. The van der Waals surface area contributed by atoms with Crippen LogP contribution in [0.25, 0.3) is 0 Å². The minimum absolute atomic E-state index is 0.226. The van der Waals surface area contributed by atoms with Gasteiger partial charge in [0.1, 0.15) is 0 Å². The van der Waals surface area contributed by atoms with Crippen LogP contribution in [0.2, 0.25) is 0 Å². The van der Waals surface area contributed by atoms with Crippen molar-refractivity contribution in [2.24, 2.45) is 10.2 Å². The van der Waals surface area contributed by atoms with Crippen molar-refractivity contribution in [1.29, 1.82) is 0 Å². The monoisotopic (exact) mass is 385 g/mol. The first kappa shape index (κ1) is 17.2. The summed E-state index contributed by atoms with van der Waals surface area (Å²) < 4.78 is 0. The maximum absolute atomic E-state index is 11.9. The van der Waals surface area contributed by atoms with Crippen LogP contribution in [0.4, 0.5) is 5.69 Å². The molecule has 3 rings (SSSR count). The number of nitrogens with zero attached hydrogens (tertiary/aromatic N) is 3. The number of fused-ring (bicyclic) bond motifs is 1. The van der Waals surface area contributed by atoms with Gasteiger partial charge < -0.3 is 22.8 Å². The molecule has 1 aromatic carbocycles. The number of hydrogen-bond acceptors (Lipinski definition) is 4. The van der Waals surface area contributed by atoms with Gasteiger partial charge in [0.2, 0.25) is 0 Å². The fourth-order valence-corrected chi connectivity index (χ4v) is 2.67. The van der Waals surface area contributed by atoms with E-state index in [1.807, 2.05) is 29.2 Å². The van der Waals surface area contributed by atoms with E-state index in [0.717, 1.165) is 37.2 Å². The van der Waals surface area contributed by atoms with Crippen molar-refractivity contribution in [3.8, 4) is 0 Å². The van der Waals surface area contributed by atoms with Crippen LogP contribution in [0.15, 0.2) is 34.5 Å². The van der Waals surface area contributed by atoms with E-state index in [1.54, 1.807) is 0 Å². The van der Waals surface area contributed by atoms with E-state index in [4.69, 9.17) is 12.6 Å². The van der Waals surface area contributed by atoms with Gasteiger partial charge in [-0.25, -0.2) is 0 Å². The van der Waals surface area contributed by atoms with Gasteiger partial charge in [-0.1, -0.05) is 18.2 Å². The minimum atomic E-state index is -0.226. The second-order valence-corrected chi connectivity index (χ2v) is 5.24. The summed E-state index contributed by atoms with van der Waals surface area (Å²) in [5.74, 6) is -0.226. The number of carbonyl (C=O) groups is 1. The standard InChI is InChI=1S/C14H16N4OS.ClH.Cu/c19-13-12(10-6-2-3-7-11(10)15-13)16-17-14(20)18-8-4-1-5-9-18;;/h2-3,6-7H,1,4-5,8-9H2,(H,17,20)(H,15,16,19);1H;/q;;+2/p-2. The number of piperidine rings is 1. The van der Waals surface area contributed by atoms with Gasteiger partial charge in [-0.15, -0.1) is 5.10 Å². The molecule has 121 valence electrons. The van der Waals surface area contributed by atoms with Gasteiger partial charge in [0.15, 0.2) is 5.71 Å². The van der Waals surface area contributed by atoms with E-state index in [0.29, 0.717) is 10.9 Å². The van der Waals surface area contributed by atoms with Gasteiger partial charge >= 0.3 is 25.2 Å². The molecule has 0 atom stereocenters. The number of halogens is 1. The van der Waals surface area contributed by atoms with Gasteiger partial charge in [-0.2, -0.15) is 5.10 Å². The van der Waals surface area contributed by atoms with E-state index in [2.05, 4.69) is 40.7 Å². The molecule has 0 radical (unpaired) electrons. The third-order valence-corrected chi connectivity index (χ3v) is 3.85. The second kappa shape index (κ2) is 8.48. The first-order valence-corrected chi connectivity index (χ1v) is 8.56. The van der Waals surface area contributed by atoms with E-state index in [-0.39, 0.29) is 5.91 Å². The Hall–Kier alpha value is -1.14. The molecule has 22 heavy (non-hydrogen) atoms. The summed E-state index contributed by atoms with van der Waals surface area (Å²) in [5, 5.41) is 11.4. The summed E-state index contributed by atoms with van der Waals surface area (Å²) in [6.45, 7) is 1.85. The number of amidine groups is 1. The van der Waals surface area contributed by atoms with E-state index < -0.39 is 0 Å². The number of amides is 1. The molecule has 0 aromatic heterocycles. The number of nitrogens with one attached hydrogen (secondary N) is 1. The second-order valence-electron chi connectivity index (χ2n) is 4.88. The van der Waals surface area contributed by atoms with E-state index in [1.165, 1.54) is 6.42 Å². The van der Waals surface area contributed by atoms with Crippen LogP contribution in [0.3, 0.4) is 0 Å². The van der Waals surface area contributed by atoms with Crippen LogP contribution in [0.5, 0.6) is 0 Å². The van der Waals surface area contributed by atoms with E-state index in [9.17, 15) is 4.79 Å². The Morgan fingerprint density at radius 3 is 2.64 bits per heavy atom. The van der Waals surface area contributed by atoms with Crippen LogP contribution in [0, 0.1) is 0 Å². The number of carbonyl (C=O) groups excluding carboxylic acids is 1. The zero-order valence-electron chi connectivity index (χ0n) is 11.7. The van der Waals surface area contributed by atoms with Gasteiger partial charge in [-0.05, 0) is 25.3 Å². The quantitative estimate of drug-likeness (QED) is 0.265. The van der Waals surface area contributed by atoms with Gasteiger partial charge in [0.05, 0.1) is 5.69 Å². The van der Waals surface area contributed by atoms with Crippen molar-refractivity contribution in [3.05, 3.63) is 29.8 Å². The Labute approximate surface area is 147 Å². The number of likely N-dealkylation sites (tertiary alicyclic amines) is 1. The average molecular weight is 386 g/mol. The van der Waals surface area contributed by atoms with Crippen molar-refractivity contribution >= 4 is 45.2 Å². The summed E-state index contributed by atoms with van der Waals surface area (Å²) in [4.78, 5) is 13.9. The van der Waals surface area contributed by atoms with Crippen molar-refractivity contribution in [2.45, 2.75) is 19.3 Å². The molecule has 1 saturated heterocycles. The average Bonchev–Trinajstić information content (AvgIpc) is 2.90. The summed E-state index contributed by atoms with van der Waals surface area (Å²) >= 11 is 8.93. The summed E-state index contributed by atoms with van der Waals surface area (Å²) in [5.41, 5.74) is 1.89. The first-order valence-electron chi connectivity index (χ1n) is 6.85. The van der Waals surface area contributed by atoms with Crippen LogP contribution in [0.1, 0.15) is 24.8 Å². The van der Waals surface area contributed by atoms with Crippen molar-refractivity contribution in [2.75, 3.05) is 18.4 Å². The molecule has 1 amide bonds. The Morgan fingerprint density at radius 2 is 1.91 bits per heavy atom. The topological polar surface area (TPSA) is 57.1 Å². The fourth-order valence-electron chi connectivity index (χ4n) is 2.44. The number of benzene rings is 1. The number of rotatable bonds is 1. The Bertz CT molecular complexity index is 602. The van der Waals surface area contributed by atoms with Crippen molar-refractivity contribution in [3.63, 3.8) is 0 Å². The molecule has 8 heteroatoms. The van der Waals surface area contributed by atoms with Crippen LogP contribution in [-0.2, 0) is 32.5 Å². The Balaban J connectivity index is 0.000000847. The van der Waals surface area contributed by atoms with Crippen LogP contribution in [-0.4, -0.2) is 34.8 Å². The summed E-state index contributed by atoms with van der Waals surface area (Å²) in [6.07, 6.45) is 3.51. The van der Waals surface area contributed by atoms with E-state index >= 15 is 0 Å². The fraction of sp³-hybridized carbons (Fsp3) is 0.357. The summed E-state index contributed by atoms with van der Waals surface area (Å²) in [6, 6.07) is 7.44. The molecule has 2 aliphatic rings. The van der Waals surface area contributed by atoms with Crippen molar-refractivity contribution < 1.29 is 19.9 Å². The van der Waals surface area contributed by atoms with Crippen LogP contribution >= 0.6 is 10.1 Å². The molecule has 0 unspecified atom stereocenters. The molecule has 2 heterocycles. The first-order chi connectivity index (χ1) is 10.8. The predicted octanol–water partition coefficient (Wildman–Crippen LogP) is 2.42. The molecule has 0 spiro atoms. The Kier molecular flexibility index (Phi) is 6.64. The SMILES string of the molecule is O=C1Nc2ccccc2/C1=N/N=C(/[S-])N1CCCCC1.[Cl][Cu+]. The molecule has 0 aliphatic carbocycles. The molecular formula is C14H15ClCuN4OS. The molecule has 1 N–H and O–H groups in total. The maximum atomic E-state index is 11.9. The zero-order chi connectivity index (χ0) is 15.9. The third kappa shape index (κ3) is 3.98. The summed E-state index contributed by atoms with van der Waals surface area (Å²) in [7, 11) is 4.20. The molecule has 0 bridgehead atoms. The van der Waals surface area contributed by atoms with Gasteiger partial charge in [0.25, 0.3) is 5.91 Å². The Morgan fingerprint density at radius 1 is 1.23 bits per heavy atom. The normalized spacial score (nSPS) is 19.4. The number of para-hydroxylation sites is 1. The van der Waals surface area contributed by atoms with Crippen LogP contribution < -0.4 is 5.32 Å². The van der Waals surface area contributed by atoms with Crippen molar-refractivity contribution in [1.82, 2.24) is 4.90 Å². The molecule has 1 fully saturated rings. The zero-order valence-corrected chi connectivity index (χ0v) is 14.2. The molecule has 1 aromatic rings. The third-order valence-electron chi connectivity index (χ3n) is 3.51. The van der Waals surface area contributed by atoms with Gasteiger partial charge in [-0.3, -0.25) is 4.79 Å². The number of hydrogen-bond donors (Lipinski definition) is 1. The molecule has 0 saturated carbocycles.